The van der Waals surface area contributed by atoms with Crippen molar-refractivity contribution in [3.63, 3.8) is 0 Å². The molecule has 1 atom stereocenters. The summed E-state index contributed by atoms with van der Waals surface area (Å²) in [6, 6.07) is 1.99. The number of ether oxygens (including phenoxy) is 1. The summed E-state index contributed by atoms with van der Waals surface area (Å²) >= 11 is 1.67. The average molecular weight is 326 g/mol. The van der Waals surface area contributed by atoms with E-state index in [-0.39, 0.29) is 5.91 Å². The van der Waals surface area contributed by atoms with E-state index in [9.17, 15) is 9.90 Å². The molecule has 1 unspecified atom stereocenters. The zero-order valence-electron chi connectivity index (χ0n) is 13.7. The SMILES string of the molecule is CCOCC(O)CN1CCN(C(=O)c2cc(C)sc2C)CC1. The molecule has 2 heterocycles. The van der Waals surface area contributed by atoms with Crippen molar-refractivity contribution in [3.05, 3.63) is 21.4 Å². The molecule has 0 bridgehead atoms. The number of β-amino-alcohol motifs (C(OH)–C–C–N with tert-alkyl or cyclic N) is 1. The Bertz CT molecular complexity index is 496. The Hall–Kier alpha value is -0.950. The quantitative estimate of drug-likeness (QED) is 0.861. The Morgan fingerprint density at radius 2 is 2.05 bits per heavy atom. The molecule has 5 nitrogen and oxygen atoms in total. The van der Waals surface area contributed by atoms with Gasteiger partial charge in [0.05, 0.1) is 18.3 Å². The van der Waals surface area contributed by atoms with Gasteiger partial charge in [-0.05, 0) is 26.8 Å². The number of carbonyl (C=O) groups is 1. The number of nitrogens with zero attached hydrogens (tertiary/aromatic N) is 2. The molecule has 1 fully saturated rings. The molecule has 1 N–H and O–H groups in total. The summed E-state index contributed by atoms with van der Waals surface area (Å²) in [7, 11) is 0. The van der Waals surface area contributed by atoms with Crippen LogP contribution in [0.4, 0.5) is 0 Å². The molecule has 1 saturated heterocycles. The van der Waals surface area contributed by atoms with Crippen molar-refractivity contribution in [1.29, 1.82) is 0 Å². The highest BCUT2D eigenvalue weighted by molar-refractivity contribution is 7.12. The van der Waals surface area contributed by atoms with Crippen LogP contribution in [0.5, 0.6) is 0 Å². The van der Waals surface area contributed by atoms with Gasteiger partial charge in [0.25, 0.3) is 5.91 Å². The number of hydrogen-bond donors (Lipinski definition) is 1. The first kappa shape index (κ1) is 17.4. The predicted molar refractivity (Wildman–Crippen MR) is 88.6 cm³/mol. The summed E-state index contributed by atoms with van der Waals surface area (Å²) in [6.45, 7) is 10.6. The zero-order chi connectivity index (χ0) is 16.1. The molecular formula is C16H26N2O3S. The van der Waals surface area contributed by atoms with E-state index in [1.165, 1.54) is 4.88 Å². The number of thiophene rings is 1. The lowest BCUT2D eigenvalue weighted by Gasteiger charge is -2.35. The van der Waals surface area contributed by atoms with Gasteiger partial charge in [0.15, 0.2) is 0 Å². The van der Waals surface area contributed by atoms with Crippen LogP contribution in [-0.4, -0.2) is 72.9 Å². The number of piperazine rings is 1. The number of carbonyl (C=O) groups excluding carboxylic acids is 1. The lowest BCUT2D eigenvalue weighted by molar-refractivity contribution is 0.0111. The highest BCUT2D eigenvalue weighted by Gasteiger charge is 2.24. The Morgan fingerprint density at radius 3 is 2.59 bits per heavy atom. The fourth-order valence-corrected chi connectivity index (χ4v) is 3.67. The van der Waals surface area contributed by atoms with E-state index in [1.54, 1.807) is 11.3 Å². The van der Waals surface area contributed by atoms with Gasteiger partial charge in [-0.25, -0.2) is 0 Å². The second-order valence-corrected chi connectivity index (χ2v) is 7.19. The summed E-state index contributed by atoms with van der Waals surface area (Å²) in [5, 5.41) is 9.88. The van der Waals surface area contributed by atoms with Gasteiger partial charge >= 0.3 is 0 Å². The lowest BCUT2D eigenvalue weighted by atomic mass is 10.2. The lowest BCUT2D eigenvalue weighted by Crippen LogP contribution is -2.50. The van der Waals surface area contributed by atoms with Crippen molar-refractivity contribution in [2.45, 2.75) is 26.9 Å². The summed E-state index contributed by atoms with van der Waals surface area (Å²) in [6.07, 6.45) is -0.455. The van der Waals surface area contributed by atoms with Crippen molar-refractivity contribution >= 4 is 17.2 Å². The molecule has 1 amide bonds. The van der Waals surface area contributed by atoms with Crippen LogP contribution in [0.15, 0.2) is 6.07 Å². The van der Waals surface area contributed by atoms with E-state index in [0.717, 1.165) is 23.5 Å². The first-order chi connectivity index (χ1) is 10.5. The molecule has 0 saturated carbocycles. The fraction of sp³-hybridized carbons (Fsp3) is 0.688. The van der Waals surface area contributed by atoms with E-state index in [4.69, 9.17) is 4.74 Å². The molecule has 0 spiro atoms. The molecule has 0 aromatic carbocycles. The Kier molecular flexibility index (Phi) is 6.37. The minimum atomic E-state index is -0.455. The summed E-state index contributed by atoms with van der Waals surface area (Å²) < 4.78 is 5.23. The largest absolute Gasteiger partial charge is 0.389 e. The third-order valence-corrected chi connectivity index (χ3v) is 4.88. The topological polar surface area (TPSA) is 53.0 Å². The van der Waals surface area contributed by atoms with Crippen molar-refractivity contribution in [2.24, 2.45) is 0 Å². The van der Waals surface area contributed by atoms with Crippen molar-refractivity contribution < 1.29 is 14.6 Å². The van der Waals surface area contributed by atoms with Crippen LogP contribution >= 0.6 is 11.3 Å². The molecule has 0 radical (unpaired) electrons. The van der Waals surface area contributed by atoms with Gasteiger partial charge in [-0.1, -0.05) is 0 Å². The molecule has 1 aromatic rings. The number of hydrogen-bond acceptors (Lipinski definition) is 5. The van der Waals surface area contributed by atoms with Gasteiger partial charge < -0.3 is 14.7 Å². The molecule has 6 heteroatoms. The molecule has 0 aliphatic carbocycles. The minimum Gasteiger partial charge on any atom is -0.389 e. The third kappa shape index (κ3) is 4.52. The fourth-order valence-electron chi connectivity index (χ4n) is 2.75. The summed E-state index contributed by atoms with van der Waals surface area (Å²) in [5.74, 6) is 0.136. The molecule has 22 heavy (non-hydrogen) atoms. The normalized spacial score (nSPS) is 17.7. The van der Waals surface area contributed by atoms with E-state index in [2.05, 4.69) is 4.90 Å². The molecular weight excluding hydrogens is 300 g/mol. The maximum atomic E-state index is 12.5. The number of aliphatic hydroxyl groups is 1. The number of aryl methyl sites for hydroxylation is 2. The number of rotatable bonds is 6. The average Bonchev–Trinajstić information content (AvgIpc) is 2.84. The Morgan fingerprint density at radius 1 is 1.36 bits per heavy atom. The molecule has 124 valence electrons. The maximum absolute atomic E-state index is 12.5. The van der Waals surface area contributed by atoms with Gasteiger partial charge in [0.2, 0.25) is 0 Å². The smallest absolute Gasteiger partial charge is 0.255 e. The summed E-state index contributed by atoms with van der Waals surface area (Å²) in [4.78, 5) is 18.9. The highest BCUT2D eigenvalue weighted by atomic mass is 32.1. The monoisotopic (exact) mass is 326 g/mol. The van der Waals surface area contributed by atoms with Crippen LogP contribution in [-0.2, 0) is 4.74 Å². The zero-order valence-corrected chi connectivity index (χ0v) is 14.5. The van der Waals surface area contributed by atoms with E-state index in [1.807, 2.05) is 31.7 Å². The number of aliphatic hydroxyl groups excluding tert-OH is 1. The maximum Gasteiger partial charge on any atom is 0.255 e. The van der Waals surface area contributed by atoms with Crippen molar-refractivity contribution in [1.82, 2.24) is 9.80 Å². The van der Waals surface area contributed by atoms with Gasteiger partial charge in [0, 0.05) is 49.1 Å². The Labute approximate surface area is 136 Å². The van der Waals surface area contributed by atoms with Crippen LogP contribution in [0.2, 0.25) is 0 Å². The van der Waals surface area contributed by atoms with Gasteiger partial charge in [-0.3, -0.25) is 9.69 Å². The first-order valence-electron chi connectivity index (χ1n) is 7.85. The van der Waals surface area contributed by atoms with Crippen molar-refractivity contribution in [3.8, 4) is 0 Å². The van der Waals surface area contributed by atoms with Crippen LogP contribution in [0.1, 0.15) is 27.0 Å². The standard InChI is InChI=1S/C16H26N2O3S/c1-4-21-11-14(19)10-17-5-7-18(8-6-17)16(20)15-9-12(2)22-13(15)3/h9,14,19H,4-8,10-11H2,1-3H3. The second kappa shape index (κ2) is 8.06. The summed E-state index contributed by atoms with van der Waals surface area (Å²) in [5.41, 5.74) is 0.840. The number of amides is 1. The molecule has 1 aromatic heterocycles. The molecule has 2 rings (SSSR count). The van der Waals surface area contributed by atoms with Gasteiger partial charge in [-0.15, -0.1) is 11.3 Å². The van der Waals surface area contributed by atoms with Gasteiger partial charge in [-0.2, -0.15) is 0 Å². The van der Waals surface area contributed by atoms with Crippen LogP contribution in [0, 0.1) is 13.8 Å². The second-order valence-electron chi connectivity index (χ2n) is 5.73. The van der Waals surface area contributed by atoms with Gasteiger partial charge in [0.1, 0.15) is 0 Å². The van der Waals surface area contributed by atoms with E-state index >= 15 is 0 Å². The minimum absolute atomic E-state index is 0.136. The Balaban J connectivity index is 1.82. The van der Waals surface area contributed by atoms with Crippen LogP contribution in [0.25, 0.3) is 0 Å². The molecule has 1 aliphatic heterocycles. The van der Waals surface area contributed by atoms with Crippen LogP contribution < -0.4 is 0 Å². The third-order valence-electron chi connectivity index (χ3n) is 3.91. The van der Waals surface area contributed by atoms with Crippen molar-refractivity contribution in [2.75, 3.05) is 45.9 Å². The molecule has 1 aliphatic rings. The van der Waals surface area contributed by atoms with E-state index in [0.29, 0.717) is 32.8 Å². The van der Waals surface area contributed by atoms with E-state index < -0.39 is 6.10 Å². The predicted octanol–water partition coefficient (Wildman–Crippen LogP) is 1.52. The van der Waals surface area contributed by atoms with Crippen LogP contribution in [0.3, 0.4) is 0 Å². The highest BCUT2D eigenvalue weighted by Crippen LogP contribution is 2.22. The first-order valence-corrected chi connectivity index (χ1v) is 8.67.